The van der Waals surface area contributed by atoms with Crippen molar-refractivity contribution in [2.75, 3.05) is 26.2 Å². The number of likely N-dealkylation sites (tertiary alicyclic amines) is 1. The topological polar surface area (TPSA) is 52.6 Å². The normalized spacial score (nSPS) is 23.4. The fraction of sp³-hybridized carbons (Fsp3) is 0.889. The van der Waals surface area contributed by atoms with Crippen LogP contribution < -0.4 is 5.32 Å². The molecule has 1 saturated heterocycles. The molecular formula is C9H18N2O2. The highest BCUT2D eigenvalue weighted by Crippen LogP contribution is 2.06. The molecule has 2 N–H and O–H groups in total. The summed E-state index contributed by atoms with van der Waals surface area (Å²) < 4.78 is 0. The highest BCUT2D eigenvalue weighted by molar-refractivity contribution is 5.75. The second-order valence-corrected chi connectivity index (χ2v) is 3.45. The Morgan fingerprint density at radius 2 is 2.46 bits per heavy atom. The van der Waals surface area contributed by atoms with Gasteiger partial charge < -0.3 is 10.4 Å². The Morgan fingerprint density at radius 3 is 3.00 bits per heavy atom. The molecule has 1 rings (SSSR count). The van der Waals surface area contributed by atoms with Crippen molar-refractivity contribution in [2.45, 2.75) is 25.9 Å². The van der Waals surface area contributed by atoms with Crippen LogP contribution in [0.2, 0.25) is 0 Å². The quantitative estimate of drug-likeness (QED) is 0.627. The van der Waals surface area contributed by atoms with Gasteiger partial charge in [0.1, 0.15) is 0 Å². The molecule has 0 aromatic heterocycles. The Kier molecular flexibility index (Phi) is 4.18. The van der Waals surface area contributed by atoms with E-state index in [4.69, 9.17) is 0 Å². The number of hydrogen-bond acceptors (Lipinski definition) is 3. The van der Waals surface area contributed by atoms with E-state index in [1.807, 2.05) is 6.92 Å². The van der Waals surface area contributed by atoms with E-state index in [9.17, 15) is 9.90 Å². The molecule has 1 amide bonds. The van der Waals surface area contributed by atoms with Crippen molar-refractivity contribution >= 4 is 5.91 Å². The van der Waals surface area contributed by atoms with Gasteiger partial charge in [-0.3, -0.25) is 9.69 Å². The lowest BCUT2D eigenvalue weighted by atomic mass is 10.3. The minimum absolute atomic E-state index is 0.0970. The summed E-state index contributed by atoms with van der Waals surface area (Å²) in [5.74, 6) is 0.0970. The number of nitrogens with zero attached hydrogens (tertiary/aromatic N) is 1. The monoisotopic (exact) mass is 186 g/mol. The lowest BCUT2D eigenvalue weighted by Gasteiger charge is -2.14. The maximum atomic E-state index is 10.9. The van der Waals surface area contributed by atoms with E-state index in [0.717, 1.165) is 26.1 Å². The molecule has 0 aliphatic carbocycles. The third-order valence-electron chi connectivity index (χ3n) is 2.32. The maximum absolute atomic E-state index is 10.9. The molecule has 76 valence electrons. The van der Waals surface area contributed by atoms with Crippen LogP contribution in [0.25, 0.3) is 0 Å². The molecule has 1 heterocycles. The van der Waals surface area contributed by atoms with Crippen LogP contribution in [0.1, 0.15) is 19.8 Å². The first kappa shape index (κ1) is 10.5. The summed E-state index contributed by atoms with van der Waals surface area (Å²) in [6.07, 6.45) is 1.24. The van der Waals surface area contributed by atoms with E-state index < -0.39 is 0 Å². The number of aliphatic hydroxyl groups excluding tert-OH is 1. The van der Waals surface area contributed by atoms with Crippen LogP contribution >= 0.6 is 0 Å². The molecule has 1 fully saturated rings. The van der Waals surface area contributed by atoms with Crippen LogP contribution in [-0.4, -0.2) is 48.2 Å². The standard InChI is InChI=1S/C9H18N2O2/c1-2-9(13)10-4-6-11-5-3-8(12)7-11/h8,12H,2-7H2,1H3,(H,10,13). The van der Waals surface area contributed by atoms with Crippen LogP contribution in [0.4, 0.5) is 0 Å². The van der Waals surface area contributed by atoms with E-state index in [-0.39, 0.29) is 12.0 Å². The van der Waals surface area contributed by atoms with Crippen LogP contribution in [0.3, 0.4) is 0 Å². The number of rotatable bonds is 4. The number of carbonyl (C=O) groups excluding carboxylic acids is 1. The molecule has 0 aromatic carbocycles. The average molecular weight is 186 g/mol. The van der Waals surface area contributed by atoms with Crippen molar-refractivity contribution in [1.82, 2.24) is 10.2 Å². The van der Waals surface area contributed by atoms with E-state index in [2.05, 4.69) is 10.2 Å². The third-order valence-corrected chi connectivity index (χ3v) is 2.32. The van der Waals surface area contributed by atoms with Crippen molar-refractivity contribution in [2.24, 2.45) is 0 Å². The first-order chi connectivity index (χ1) is 6.22. The molecule has 1 atom stereocenters. The van der Waals surface area contributed by atoms with Crippen LogP contribution in [-0.2, 0) is 4.79 Å². The van der Waals surface area contributed by atoms with Gasteiger partial charge in [-0.25, -0.2) is 0 Å². The van der Waals surface area contributed by atoms with Gasteiger partial charge in [0.05, 0.1) is 6.10 Å². The fourth-order valence-corrected chi connectivity index (χ4v) is 1.49. The predicted molar refractivity (Wildman–Crippen MR) is 50.4 cm³/mol. The number of nitrogens with one attached hydrogen (secondary N) is 1. The lowest BCUT2D eigenvalue weighted by Crippen LogP contribution is -2.33. The Balaban J connectivity index is 2.03. The predicted octanol–water partition coefficient (Wildman–Crippen LogP) is -0.421. The smallest absolute Gasteiger partial charge is 0.219 e. The SMILES string of the molecule is CCC(=O)NCCN1CCC(O)C1. The molecule has 1 unspecified atom stereocenters. The van der Waals surface area contributed by atoms with Crippen LogP contribution in [0.5, 0.6) is 0 Å². The molecule has 4 nitrogen and oxygen atoms in total. The van der Waals surface area contributed by atoms with Gasteiger partial charge in [-0.2, -0.15) is 0 Å². The molecule has 4 heteroatoms. The van der Waals surface area contributed by atoms with Crippen molar-refractivity contribution in [1.29, 1.82) is 0 Å². The Hall–Kier alpha value is -0.610. The summed E-state index contributed by atoms with van der Waals surface area (Å²) in [7, 11) is 0. The number of hydrogen-bond donors (Lipinski definition) is 2. The average Bonchev–Trinajstić information content (AvgIpc) is 2.51. The van der Waals surface area contributed by atoms with Crippen molar-refractivity contribution in [3.8, 4) is 0 Å². The van der Waals surface area contributed by atoms with Gasteiger partial charge >= 0.3 is 0 Å². The van der Waals surface area contributed by atoms with E-state index in [1.165, 1.54) is 0 Å². The van der Waals surface area contributed by atoms with Crippen molar-refractivity contribution < 1.29 is 9.90 Å². The van der Waals surface area contributed by atoms with Crippen LogP contribution in [0.15, 0.2) is 0 Å². The number of amides is 1. The maximum Gasteiger partial charge on any atom is 0.219 e. The molecule has 1 aliphatic heterocycles. The van der Waals surface area contributed by atoms with E-state index >= 15 is 0 Å². The van der Waals surface area contributed by atoms with E-state index in [0.29, 0.717) is 13.0 Å². The Morgan fingerprint density at radius 1 is 1.69 bits per heavy atom. The molecule has 1 aliphatic rings. The number of β-amino-alcohol motifs (C(OH)–C–C–N with tert-alkyl or cyclic N) is 1. The zero-order chi connectivity index (χ0) is 9.68. The lowest BCUT2D eigenvalue weighted by molar-refractivity contribution is -0.120. The summed E-state index contributed by atoms with van der Waals surface area (Å²) in [4.78, 5) is 13.0. The third kappa shape index (κ3) is 3.74. The molecule has 13 heavy (non-hydrogen) atoms. The number of aliphatic hydroxyl groups is 1. The molecular weight excluding hydrogens is 168 g/mol. The second kappa shape index (κ2) is 5.19. The Labute approximate surface area is 78.9 Å². The van der Waals surface area contributed by atoms with Crippen molar-refractivity contribution in [3.05, 3.63) is 0 Å². The fourth-order valence-electron chi connectivity index (χ4n) is 1.49. The molecule has 0 aromatic rings. The van der Waals surface area contributed by atoms with Gasteiger partial charge in [-0.15, -0.1) is 0 Å². The first-order valence-corrected chi connectivity index (χ1v) is 4.89. The number of carbonyl (C=O) groups is 1. The summed E-state index contributed by atoms with van der Waals surface area (Å²) >= 11 is 0. The summed E-state index contributed by atoms with van der Waals surface area (Å²) in [6.45, 7) is 5.09. The minimum Gasteiger partial charge on any atom is -0.392 e. The summed E-state index contributed by atoms with van der Waals surface area (Å²) in [5, 5.41) is 12.0. The minimum atomic E-state index is -0.165. The highest BCUT2D eigenvalue weighted by Gasteiger charge is 2.19. The summed E-state index contributed by atoms with van der Waals surface area (Å²) in [5.41, 5.74) is 0. The van der Waals surface area contributed by atoms with Gasteiger partial charge in [0.15, 0.2) is 0 Å². The largest absolute Gasteiger partial charge is 0.392 e. The van der Waals surface area contributed by atoms with Crippen molar-refractivity contribution in [3.63, 3.8) is 0 Å². The summed E-state index contributed by atoms with van der Waals surface area (Å²) in [6, 6.07) is 0. The van der Waals surface area contributed by atoms with Gasteiger partial charge in [-0.05, 0) is 6.42 Å². The first-order valence-electron chi connectivity index (χ1n) is 4.89. The highest BCUT2D eigenvalue weighted by atomic mass is 16.3. The zero-order valence-electron chi connectivity index (χ0n) is 8.12. The van der Waals surface area contributed by atoms with E-state index in [1.54, 1.807) is 0 Å². The molecule has 0 bridgehead atoms. The van der Waals surface area contributed by atoms with Gasteiger partial charge in [0.25, 0.3) is 0 Å². The molecule has 0 radical (unpaired) electrons. The Bertz CT molecular complexity index is 173. The van der Waals surface area contributed by atoms with Gasteiger partial charge in [0.2, 0.25) is 5.91 Å². The van der Waals surface area contributed by atoms with Gasteiger partial charge in [0, 0.05) is 32.6 Å². The molecule has 0 saturated carbocycles. The van der Waals surface area contributed by atoms with Gasteiger partial charge in [-0.1, -0.05) is 6.92 Å². The zero-order valence-corrected chi connectivity index (χ0v) is 8.12. The van der Waals surface area contributed by atoms with Crippen LogP contribution in [0, 0.1) is 0 Å². The second-order valence-electron chi connectivity index (χ2n) is 3.45. The molecule has 0 spiro atoms.